The highest BCUT2D eigenvalue weighted by Gasteiger charge is 2.45. The normalized spacial score (nSPS) is 23.3. The molecule has 0 saturated heterocycles. The maximum Gasteiger partial charge on any atom is 0.308 e. The van der Waals surface area contributed by atoms with Gasteiger partial charge in [0.15, 0.2) is 11.9 Å². The van der Waals surface area contributed by atoms with Crippen LogP contribution in [-0.4, -0.2) is 54.1 Å². The number of rotatable bonds is 5. The molecule has 10 nitrogen and oxygen atoms in total. The van der Waals surface area contributed by atoms with Crippen LogP contribution in [0.5, 0.6) is 0 Å². The van der Waals surface area contributed by atoms with Crippen molar-refractivity contribution in [2.75, 3.05) is 6.61 Å². The first-order chi connectivity index (χ1) is 11.1. The van der Waals surface area contributed by atoms with Crippen molar-refractivity contribution >= 4 is 23.9 Å². The van der Waals surface area contributed by atoms with Gasteiger partial charge >= 0.3 is 23.9 Å². The monoisotopic (exact) mass is 346 g/mol. The number of ether oxygens (including phenoxy) is 5. The molecule has 0 spiro atoms. The maximum atomic E-state index is 11.4. The Bertz CT molecular complexity index is 564. The lowest BCUT2D eigenvalue weighted by Gasteiger charge is -2.35. The van der Waals surface area contributed by atoms with Crippen LogP contribution in [0.4, 0.5) is 0 Å². The Morgan fingerprint density at radius 1 is 0.875 bits per heavy atom. The molecular formula is C14H18O10. The van der Waals surface area contributed by atoms with Gasteiger partial charge in [-0.15, -0.1) is 0 Å². The van der Waals surface area contributed by atoms with E-state index in [2.05, 4.69) is 0 Å². The summed E-state index contributed by atoms with van der Waals surface area (Å²) in [5.41, 5.74) is 0. The van der Waals surface area contributed by atoms with Crippen molar-refractivity contribution in [3.8, 4) is 0 Å². The van der Waals surface area contributed by atoms with Crippen LogP contribution in [0.1, 0.15) is 27.7 Å². The summed E-state index contributed by atoms with van der Waals surface area (Å²) in [4.78, 5) is 45.1. The van der Waals surface area contributed by atoms with Crippen LogP contribution in [0.3, 0.4) is 0 Å². The molecule has 0 fully saturated rings. The second kappa shape index (κ2) is 8.41. The highest BCUT2D eigenvalue weighted by atomic mass is 16.7. The highest BCUT2D eigenvalue weighted by molar-refractivity contribution is 5.71. The Morgan fingerprint density at radius 3 is 1.79 bits per heavy atom. The summed E-state index contributed by atoms with van der Waals surface area (Å²) < 4.78 is 25.0. The lowest BCUT2D eigenvalue weighted by atomic mass is 10.1. The average Bonchev–Trinajstić information content (AvgIpc) is 2.42. The van der Waals surface area contributed by atoms with Gasteiger partial charge in [-0.1, -0.05) is 0 Å². The Morgan fingerprint density at radius 2 is 1.38 bits per heavy atom. The van der Waals surface area contributed by atoms with Crippen LogP contribution in [0, 0.1) is 0 Å². The van der Waals surface area contributed by atoms with E-state index in [1.165, 1.54) is 0 Å². The smallest absolute Gasteiger partial charge is 0.308 e. The summed E-state index contributed by atoms with van der Waals surface area (Å²) in [6.07, 6.45) is -4.16. The third-order valence-electron chi connectivity index (χ3n) is 2.60. The van der Waals surface area contributed by atoms with Gasteiger partial charge in [0.1, 0.15) is 6.10 Å². The topological polar surface area (TPSA) is 135 Å². The molecule has 1 rings (SSSR count). The third-order valence-corrected chi connectivity index (χ3v) is 2.60. The molecule has 0 amide bonds. The fourth-order valence-corrected chi connectivity index (χ4v) is 1.91. The number of aliphatic hydroxyl groups excluding tert-OH is 1. The minimum atomic E-state index is -1.57. The van der Waals surface area contributed by atoms with Gasteiger partial charge < -0.3 is 28.8 Å². The first-order valence-corrected chi connectivity index (χ1v) is 6.87. The summed E-state index contributed by atoms with van der Waals surface area (Å²) >= 11 is 0. The molecule has 0 aliphatic carbocycles. The number of hydrogen-bond donors (Lipinski definition) is 1. The Balaban J connectivity index is 3.43. The zero-order valence-corrected chi connectivity index (χ0v) is 13.6. The quantitative estimate of drug-likeness (QED) is 0.514. The van der Waals surface area contributed by atoms with Gasteiger partial charge in [-0.05, 0) is 0 Å². The summed E-state index contributed by atoms with van der Waals surface area (Å²) in [7, 11) is 0. The fourth-order valence-electron chi connectivity index (χ4n) is 1.91. The molecule has 1 unspecified atom stereocenters. The highest BCUT2D eigenvalue weighted by Crippen LogP contribution is 2.31. The van der Waals surface area contributed by atoms with Gasteiger partial charge in [0.25, 0.3) is 6.29 Å². The van der Waals surface area contributed by atoms with E-state index >= 15 is 0 Å². The molecule has 0 aromatic rings. The maximum absolute atomic E-state index is 11.4. The van der Waals surface area contributed by atoms with Gasteiger partial charge in [-0.25, -0.2) is 0 Å². The van der Waals surface area contributed by atoms with Crippen LogP contribution >= 0.6 is 0 Å². The molecule has 1 aliphatic rings. The van der Waals surface area contributed by atoms with Crippen LogP contribution in [-0.2, 0) is 42.9 Å². The van der Waals surface area contributed by atoms with Crippen molar-refractivity contribution in [3.63, 3.8) is 0 Å². The molecule has 1 N–H and O–H groups in total. The van der Waals surface area contributed by atoms with Crippen LogP contribution in [0.25, 0.3) is 0 Å². The van der Waals surface area contributed by atoms with Gasteiger partial charge in [0, 0.05) is 27.7 Å². The van der Waals surface area contributed by atoms with Gasteiger partial charge in [-0.3, -0.25) is 19.2 Å². The average molecular weight is 346 g/mol. The van der Waals surface area contributed by atoms with Crippen LogP contribution in [0.15, 0.2) is 11.5 Å². The molecular weight excluding hydrogens is 328 g/mol. The Labute approximate surface area is 137 Å². The lowest BCUT2D eigenvalue weighted by Crippen LogP contribution is -2.48. The van der Waals surface area contributed by atoms with Crippen molar-refractivity contribution in [2.24, 2.45) is 0 Å². The van der Waals surface area contributed by atoms with Gasteiger partial charge in [0.05, 0.1) is 6.61 Å². The minimum Gasteiger partial charge on any atom is -0.451 e. The van der Waals surface area contributed by atoms with Crippen LogP contribution < -0.4 is 0 Å². The molecule has 3 atom stereocenters. The van der Waals surface area contributed by atoms with Crippen molar-refractivity contribution in [2.45, 2.75) is 46.2 Å². The molecule has 0 bridgehead atoms. The molecule has 0 aromatic heterocycles. The second-order valence-electron chi connectivity index (χ2n) is 4.74. The molecule has 0 radical (unpaired) electrons. The molecule has 24 heavy (non-hydrogen) atoms. The Hall–Kier alpha value is -2.46. The van der Waals surface area contributed by atoms with E-state index in [1.54, 1.807) is 0 Å². The van der Waals surface area contributed by atoms with Gasteiger partial charge in [-0.2, -0.15) is 0 Å². The zero-order valence-electron chi connectivity index (χ0n) is 13.6. The predicted octanol–water partition coefficient (Wildman–Crippen LogP) is -0.464. The van der Waals surface area contributed by atoms with Crippen LogP contribution in [0.2, 0.25) is 0 Å². The number of carbonyl (C=O) groups is 4. The fraction of sp³-hybridized carbons (Fsp3) is 0.571. The predicted molar refractivity (Wildman–Crippen MR) is 73.6 cm³/mol. The first kappa shape index (κ1) is 19.6. The Kier molecular flexibility index (Phi) is 6.86. The number of esters is 4. The van der Waals surface area contributed by atoms with Crippen molar-refractivity contribution in [1.29, 1.82) is 0 Å². The largest absolute Gasteiger partial charge is 0.451 e. The third kappa shape index (κ3) is 5.32. The van der Waals surface area contributed by atoms with E-state index in [-0.39, 0.29) is 0 Å². The SMILES string of the molecule is CC(=O)OC1=C(OC(C)=O)[C@H](OC(C)=O)C(CO)O[C@H]1OC(C)=O. The van der Waals surface area contributed by atoms with E-state index in [0.29, 0.717) is 0 Å². The molecule has 0 saturated carbocycles. The van der Waals surface area contributed by atoms with Crippen molar-refractivity contribution < 1.29 is 48.0 Å². The van der Waals surface area contributed by atoms with Crippen molar-refractivity contribution in [1.82, 2.24) is 0 Å². The van der Waals surface area contributed by atoms with E-state index in [9.17, 15) is 24.3 Å². The minimum absolute atomic E-state index is 0.399. The lowest BCUT2D eigenvalue weighted by molar-refractivity contribution is -0.222. The number of aliphatic hydroxyl groups is 1. The number of hydrogen-bond acceptors (Lipinski definition) is 10. The second-order valence-corrected chi connectivity index (χ2v) is 4.74. The molecule has 1 heterocycles. The summed E-state index contributed by atoms with van der Waals surface area (Å²) in [5.74, 6) is -4.03. The first-order valence-electron chi connectivity index (χ1n) is 6.87. The van der Waals surface area contributed by atoms with E-state index in [0.717, 1.165) is 27.7 Å². The molecule has 134 valence electrons. The van der Waals surface area contributed by atoms with E-state index in [1.807, 2.05) is 0 Å². The number of carbonyl (C=O) groups excluding carboxylic acids is 4. The molecule has 10 heteroatoms. The standard InChI is InChI=1S/C14H18O10/c1-6(16)20-11-10(5-15)24-14(23-9(4)19)13(22-8(3)18)12(11)21-7(2)17/h10-11,14-15H,5H2,1-4H3/t10?,11-,14-/m1/s1. The summed E-state index contributed by atoms with van der Waals surface area (Å²) in [6, 6.07) is 0. The van der Waals surface area contributed by atoms with E-state index in [4.69, 9.17) is 23.7 Å². The summed E-state index contributed by atoms with van der Waals surface area (Å²) in [5, 5.41) is 9.42. The molecule has 1 aliphatic heterocycles. The van der Waals surface area contributed by atoms with Gasteiger partial charge in [0.2, 0.25) is 5.76 Å². The molecule has 0 aromatic carbocycles. The summed E-state index contributed by atoms with van der Waals surface area (Å²) in [6.45, 7) is 3.62. The zero-order chi connectivity index (χ0) is 18.4. The van der Waals surface area contributed by atoms with Crippen molar-refractivity contribution in [3.05, 3.63) is 11.5 Å². The van der Waals surface area contributed by atoms with E-state index < -0.39 is 60.5 Å².